The molecule has 9 heteroatoms. The molecule has 0 atom stereocenters. The van der Waals surface area contributed by atoms with Crippen LogP contribution in [0.2, 0.25) is 0 Å². The minimum Gasteiger partial charge on any atom is -0.361 e. The number of rotatable bonds is 6. The predicted molar refractivity (Wildman–Crippen MR) is 113 cm³/mol. The molecule has 0 aliphatic carbocycles. The van der Waals surface area contributed by atoms with Crippen molar-refractivity contribution < 1.29 is 13.2 Å². The number of para-hydroxylation sites is 1. The number of benzene rings is 2. The van der Waals surface area contributed by atoms with Crippen LogP contribution < -0.4 is 14.5 Å². The molecule has 29 heavy (non-hydrogen) atoms. The van der Waals surface area contributed by atoms with E-state index >= 15 is 0 Å². The first kappa shape index (κ1) is 20.3. The van der Waals surface area contributed by atoms with Crippen molar-refractivity contribution in [1.82, 2.24) is 10.2 Å². The Morgan fingerprint density at radius 1 is 0.897 bits per heavy atom. The van der Waals surface area contributed by atoms with Gasteiger partial charge in [-0.1, -0.05) is 24.3 Å². The zero-order valence-corrected chi connectivity index (χ0v) is 17.1. The first-order valence-corrected chi connectivity index (χ1v) is 10.2. The lowest BCUT2D eigenvalue weighted by atomic mass is 10.3. The van der Waals surface area contributed by atoms with Crippen LogP contribution in [0.15, 0.2) is 71.6 Å². The SMILES string of the molecule is CN(C)c1ccc(C(=O)Nc2cccc(S(=O)(=O)N(C)c3ccccc3)c2)nn1. The van der Waals surface area contributed by atoms with Gasteiger partial charge in [0.05, 0.1) is 10.6 Å². The molecule has 0 aliphatic heterocycles. The molecule has 3 rings (SSSR count). The van der Waals surface area contributed by atoms with Gasteiger partial charge in [-0.25, -0.2) is 8.42 Å². The number of anilines is 3. The van der Waals surface area contributed by atoms with Crippen molar-refractivity contribution in [1.29, 1.82) is 0 Å². The minimum absolute atomic E-state index is 0.0655. The molecule has 150 valence electrons. The molecule has 0 bridgehead atoms. The number of amides is 1. The molecule has 0 fully saturated rings. The van der Waals surface area contributed by atoms with Crippen LogP contribution in [-0.2, 0) is 10.0 Å². The second-order valence-corrected chi connectivity index (χ2v) is 8.43. The van der Waals surface area contributed by atoms with Crippen molar-refractivity contribution in [2.24, 2.45) is 0 Å². The van der Waals surface area contributed by atoms with Crippen molar-refractivity contribution in [3.8, 4) is 0 Å². The lowest BCUT2D eigenvalue weighted by molar-refractivity contribution is 0.102. The Labute approximate surface area is 169 Å². The van der Waals surface area contributed by atoms with E-state index in [1.54, 1.807) is 53.4 Å². The summed E-state index contributed by atoms with van der Waals surface area (Å²) in [6.07, 6.45) is 0. The summed E-state index contributed by atoms with van der Waals surface area (Å²) in [6, 6.07) is 18.1. The molecule has 0 unspecified atom stereocenters. The van der Waals surface area contributed by atoms with Crippen molar-refractivity contribution in [3.05, 3.63) is 72.4 Å². The molecular formula is C20H21N5O3S. The number of sulfonamides is 1. The van der Waals surface area contributed by atoms with E-state index in [9.17, 15) is 13.2 Å². The first-order valence-electron chi connectivity index (χ1n) is 8.75. The third-order valence-corrected chi connectivity index (χ3v) is 5.99. The molecule has 0 spiro atoms. The first-order chi connectivity index (χ1) is 13.8. The molecule has 1 N–H and O–H groups in total. The van der Waals surface area contributed by atoms with Gasteiger partial charge in [0, 0.05) is 26.8 Å². The highest BCUT2D eigenvalue weighted by Crippen LogP contribution is 2.23. The molecule has 1 heterocycles. The zero-order chi connectivity index (χ0) is 21.0. The fourth-order valence-electron chi connectivity index (χ4n) is 2.55. The molecular weight excluding hydrogens is 390 g/mol. The number of aromatic nitrogens is 2. The third-order valence-electron chi connectivity index (χ3n) is 4.21. The van der Waals surface area contributed by atoms with Crippen LogP contribution in [-0.4, -0.2) is 45.7 Å². The van der Waals surface area contributed by atoms with Gasteiger partial charge in [-0.05, 0) is 42.5 Å². The van der Waals surface area contributed by atoms with Gasteiger partial charge in [0.2, 0.25) is 0 Å². The Kier molecular flexibility index (Phi) is 5.79. The summed E-state index contributed by atoms with van der Waals surface area (Å²) >= 11 is 0. The molecule has 0 saturated heterocycles. The highest BCUT2D eigenvalue weighted by Gasteiger charge is 2.22. The molecule has 3 aromatic rings. The van der Waals surface area contributed by atoms with Gasteiger partial charge in [0.25, 0.3) is 15.9 Å². The van der Waals surface area contributed by atoms with Crippen molar-refractivity contribution >= 4 is 33.1 Å². The quantitative estimate of drug-likeness (QED) is 0.670. The number of nitrogens with zero attached hydrogens (tertiary/aromatic N) is 4. The summed E-state index contributed by atoms with van der Waals surface area (Å²) in [5, 5.41) is 10.5. The summed E-state index contributed by atoms with van der Waals surface area (Å²) in [5.74, 6) is 0.146. The van der Waals surface area contributed by atoms with E-state index in [4.69, 9.17) is 0 Å². The van der Waals surface area contributed by atoms with E-state index in [0.29, 0.717) is 17.2 Å². The average Bonchev–Trinajstić information content (AvgIpc) is 2.74. The number of carbonyl (C=O) groups is 1. The van der Waals surface area contributed by atoms with E-state index < -0.39 is 15.9 Å². The van der Waals surface area contributed by atoms with Gasteiger partial charge in [-0.15, -0.1) is 10.2 Å². The second kappa shape index (κ2) is 8.27. The van der Waals surface area contributed by atoms with Crippen LogP contribution in [0.25, 0.3) is 0 Å². The Bertz CT molecular complexity index is 1100. The van der Waals surface area contributed by atoms with Crippen molar-refractivity contribution in [2.45, 2.75) is 4.90 Å². The van der Waals surface area contributed by atoms with Crippen LogP contribution in [0, 0.1) is 0 Å². The summed E-state index contributed by atoms with van der Waals surface area (Å²) in [5.41, 5.74) is 1.01. The van der Waals surface area contributed by atoms with Crippen LogP contribution in [0.3, 0.4) is 0 Å². The van der Waals surface area contributed by atoms with E-state index in [1.165, 1.54) is 23.5 Å². The minimum atomic E-state index is -3.78. The summed E-state index contributed by atoms with van der Waals surface area (Å²) in [7, 11) is 1.35. The summed E-state index contributed by atoms with van der Waals surface area (Å²) in [4.78, 5) is 14.3. The Morgan fingerprint density at radius 3 is 2.24 bits per heavy atom. The maximum atomic E-state index is 12.9. The molecule has 0 aliphatic rings. The number of hydrogen-bond acceptors (Lipinski definition) is 6. The van der Waals surface area contributed by atoms with E-state index in [-0.39, 0.29) is 10.6 Å². The second-order valence-electron chi connectivity index (χ2n) is 6.46. The molecule has 1 amide bonds. The van der Waals surface area contributed by atoms with Gasteiger partial charge in [0.15, 0.2) is 11.5 Å². The number of carbonyl (C=O) groups excluding carboxylic acids is 1. The van der Waals surface area contributed by atoms with Crippen LogP contribution >= 0.6 is 0 Å². The van der Waals surface area contributed by atoms with Crippen LogP contribution in [0.4, 0.5) is 17.2 Å². The van der Waals surface area contributed by atoms with Gasteiger partial charge < -0.3 is 10.2 Å². The van der Waals surface area contributed by atoms with E-state index in [2.05, 4.69) is 15.5 Å². The lowest BCUT2D eigenvalue weighted by Gasteiger charge is -2.19. The fraction of sp³-hybridized carbons (Fsp3) is 0.150. The Hall–Kier alpha value is -3.46. The topological polar surface area (TPSA) is 95.5 Å². The average molecular weight is 411 g/mol. The summed E-state index contributed by atoms with van der Waals surface area (Å²) < 4.78 is 27.1. The Balaban J connectivity index is 1.81. The fourth-order valence-corrected chi connectivity index (χ4v) is 3.79. The standard InChI is InChI=1S/C20H21N5O3S/c1-24(2)19-13-12-18(22-23-19)20(26)21-15-8-7-11-17(14-15)29(27,28)25(3)16-9-5-4-6-10-16/h4-14H,1-3H3,(H,21,26). The van der Waals surface area contributed by atoms with Gasteiger partial charge >= 0.3 is 0 Å². The van der Waals surface area contributed by atoms with Gasteiger partial charge in [-0.3, -0.25) is 9.10 Å². The highest BCUT2D eigenvalue weighted by atomic mass is 32.2. The highest BCUT2D eigenvalue weighted by molar-refractivity contribution is 7.92. The molecule has 0 radical (unpaired) electrons. The maximum Gasteiger partial charge on any atom is 0.276 e. The van der Waals surface area contributed by atoms with Gasteiger partial charge in [-0.2, -0.15) is 0 Å². The largest absolute Gasteiger partial charge is 0.361 e. The smallest absolute Gasteiger partial charge is 0.276 e. The van der Waals surface area contributed by atoms with E-state index in [0.717, 1.165) is 0 Å². The molecule has 1 aromatic heterocycles. The number of hydrogen-bond donors (Lipinski definition) is 1. The molecule has 0 saturated carbocycles. The van der Waals surface area contributed by atoms with Crippen LogP contribution in [0.5, 0.6) is 0 Å². The lowest BCUT2D eigenvalue weighted by Crippen LogP contribution is -2.26. The van der Waals surface area contributed by atoms with Gasteiger partial charge in [0.1, 0.15) is 0 Å². The summed E-state index contributed by atoms with van der Waals surface area (Å²) in [6.45, 7) is 0. The van der Waals surface area contributed by atoms with Crippen molar-refractivity contribution in [2.75, 3.05) is 35.7 Å². The third kappa shape index (κ3) is 4.52. The Morgan fingerprint density at radius 2 is 1.62 bits per heavy atom. The monoisotopic (exact) mass is 411 g/mol. The normalized spacial score (nSPS) is 11.0. The zero-order valence-electron chi connectivity index (χ0n) is 16.3. The molecule has 8 nitrogen and oxygen atoms in total. The molecule has 2 aromatic carbocycles. The maximum absolute atomic E-state index is 12.9. The number of nitrogens with one attached hydrogen (secondary N) is 1. The predicted octanol–water partition coefficient (Wildman–Crippen LogP) is 2.62. The van der Waals surface area contributed by atoms with E-state index in [1.807, 2.05) is 20.2 Å². The van der Waals surface area contributed by atoms with Crippen LogP contribution in [0.1, 0.15) is 10.5 Å². The van der Waals surface area contributed by atoms with Crippen molar-refractivity contribution in [3.63, 3.8) is 0 Å².